The molecule has 0 aliphatic carbocycles. The zero-order valence-electron chi connectivity index (χ0n) is 18.4. The second kappa shape index (κ2) is 20.3. The van der Waals surface area contributed by atoms with Crippen molar-refractivity contribution in [1.82, 2.24) is 5.32 Å². The van der Waals surface area contributed by atoms with Crippen molar-refractivity contribution in [2.24, 2.45) is 11.8 Å². The highest BCUT2D eigenvalue weighted by atomic mass is 14.9. The van der Waals surface area contributed by atoms with Crippen LogP contribution in [0.5, 0.6) is 0 Å². The first-order chi connectivity index (χ1) is 12.3. The molecule has 0 saturated heterocycles. The van der Waals surface area contributed by atoms with Gasteiger partial charge in [-0.25, -0.2) is 0 Å². The lowest BCUT2D eigenvalue weighted by atomic mass is 9.93. The van der Waals surface area contributed by atoms with Gasteiger partial charge in [0.15, 0.2) is 0 Å². The molecule has 0 bridgehead atoms. The summed E-state index contributed by atoms with van der Waals surface area (Å²) in [7, 11) is 0. The zero-order valence-corrected chi connectivity index (χ0v) is 18.4. The van der Waals surface area contributed by atoms with Crippen LogP contribution in [0.1, 0.15) is 130 Å². The minimum absolute atomic E-state index is 0.920. The fourth-order valence-electron chi connectivity index (χ4n) is 3.89. The van der Waals surface area contributed by atoms with E-state index < -0.39 is 0 Å². The highest BCUT2D eigenvalue weighted by molar-refractivity contribution is 4.68. The summed E-state index contributed by atoms with van der Waals surface area (Å²) >= 11 is 0. The second-order valence-corrected chi connectivity index (χ2v) is 8.37. The van der Waals surface area contributed by atoms with E-state index in [9.17, 15) is 0 Å². The predicted octanol–water partition coefficient (Wildman–Crippen LogP) is 8.13. The smallest absolute Gasteiger partial charge is 0.00204 e. The number of rotatable bonds is 20. The summed E-state index contributed by atoms with van der Waals surface area (Å²) in [6.45, 7) is 11.8. The van der Waals surface area contributed by atoms with Gasteiger partial charge >= 0.3 is 0 Å². The zero-order chi connectivity index (χ0) is 18.6. The number of hydrogen-bond donors (Lipinski definition) is 1. The summed E-state index contributed by atoms with van der Waals surface area (Å²) in [5.41, 5.74) is 0. The molecule has 2 unspecified atom stereocenters. The highest BCUT2D eigenvalue weighted by Crippen LogP contribution is 2.19. The van der Waals surface area contributed by atoms with Crippen molar-refractivity contribution in [1.29, 1.82) is 0 Å². The molecule has 0 rings (SSSR count). The SMILES string of the molecule is CCCCCCC(CCCC)CNCC(CCCC)CCCCCC. The predicted molar refractivity (Wildman–Crippen MR) is 116 cm³/mol. The first-order valence-corrected chi connectivity index (χ1v) is 12.0. The number of unbranched alkanes of at least 4 members (excludes halogenated alkanes) is 8. The van der Waals surface area contributed by atoms with Crippen LogP contribution in [0.15, 0.2) is 0 Å². The maximum absolute atomic E-state index is 3.89. The van der Waals surface area contributed by atoms with Crippen LogP contribution in [0, 0.1) is 11.8 Å². The fourth-order valence-corrected chi connectivity index (χ4v) is 3.89. The van der Waals surface area contributed by atoms with E-state index in [2.05, 4.69) is 33.0 Å². The molecule has 0 aromatic carbocycles. The van der Waals surface area contributed by atoms with Crippen LogP contribution in [-0.4, -0.2) is 13.1 Å². The molecule has 0 aromatic rings. The summed E-state index contributed by atoms with van der Waals surface area (Å²) in [4.78, 5) is 0. The van der Waals surface area contributed by atoms with Crippen LogP contribution in [0.2, 0.25) is 0 Å². The van der Waals surface area contributed by atoms with Crippen LogP contribution < -0.4 is 5.32 Å². The minimum Gasteiger partial charge on any atom is -0.316 e. The summed E-state index contributed by atoms with van der Waals surface area (Å²) < 4.78 is 0. The van der Waals surface area contributed by atoms with Crippen molar-refractivity contribution in [2.45, 2.75) is 130 Å². The Morgan fingerprint density at radius 1 is 0.440 bits per heavy atom. The molecule has 0 amide bonds. The summed E-state index contributed by atoms with van der Waals surface area (Å²) in [6, 6.07) is 0. The van der Waals surface area contributed by atoms with Gasteiger partial charge in [0, 0.05) is 0 Å². The van der Waals surface area contributed by atoms with Crippen LogP contribution in [-0.2, 0) is 0 Å². The molecule has 0 saturated carbocycles. The van der Waals surface area contributed by atoms with E-state index in [0.717, 1.165) is 11.8 Å². The maximum Gasteiger partial charge on any atom is -0.00204 e. The lowest BCUT2D eigenvalue weighted by molar-refractivity contribution is 0.346. The highest BCUT2D eigenvalue weighted by Gasteiger charge is 2.11. The molecule has 0 spiro atoms. The van der Waals surface area contributed by atoms with E-state index in [-0.39, 0.29) is 0 Å². The largest absolute Gasteiger partial charge is 0.316 e. The Morgan fingerprint density at radius 2 is 0.800 bits per heavy atom. The number of nitrogens with one attached hydrogen (secondary N) is 1. The summed E-state index contributed by atoms with van der Waals surface area (Å²) in [5, 5.41) is 3.89. The monoisotopic (exact) mass is 353 g/mol. The molecule has 1 nitrogen and oxygen atoms in total. The normalized spacial score (nSPS) is 13.9. The molecule has 152 valence electrons. The van der Waals surface area contributed by atoms with Crippen molar-refractivity contribution in [3.63, 3.8) is 0 Å². The van der Waals surface area contributed by atoms with Gasteiger partial charge in [-0.2, -0.15) is 0 Å². The van der Waals surface area contributed by atoms with E-state index in [1.165, 1.54) is 116 Å². The lowest BCUT2D eigenvalue weighted by Crippen LogP contribution is -2.28. The lowest BCUT2D eigenvalue weighted by Gasteiger charge is -2.21. The van der Waals surface area contributed by atoms with Gasteiger partial charge in [0.05, 0.1) is 0 Å². The molecule has 2 atom stereocenters. The van der Waals surface area contributed by atoms with E-state index in [4.69, 9.17) is 0 Å². The van der Waals surface area contributed by atoms with Crippen LogP contribution in [0.3, 0.4) is 0 Å². The molecule has 25 heavy (non-hydrogen) atoms. The van der Waals surface area contributed by atoms with E-state index in [1.807, 2.05) is 0 Å². The topological polar surface area (TPSA) is 12.0 Å². The van der Waals surface area contributed by atoms with E-state index in [0.29, 0.717) is 0 Å². The third-order valence-corrected chi connectivity index (χ3v) is 5.73. The number of hydrogen-bond acceptors (Lipinski definition) is 1. The third kappa shape index (κ3) is 17.1. The van der Waals surface area contributed by atoms with Crippen LogP contribution in [0.4, 0.5) is 0 Å². The van der Waals surface area contributed by atoms with Gasteiger partial charge in [-0.15, -0.1) is 0 Å². The molecule has 0 heterocycles. The van der Waals surface area contributed by atoms with Gasteiger partial charge in [0.1, 0.15) is 0 Å². The summed E-state index contributed by atoms with van der Waals surface area (Å²) in [6.07, 6.45) is 22.6. The standard InChI is InChI=1S/C24H51N/c1-5-9-13-15-19-23(17-11-7-3)21-25-22-24(18-12-8-4)20-16-14-10-6-2/h23-25H,5-22H2,1-4H3. The Hall–Kier alpha value is -0.0400. The van der Waals surface area contributed by atoms with Crippen molar-refractivity contribution in [2.75, 3.05) is 13.1 Å². The maximum atomic E-state index is 3.89. The Balaban J connectivity index is 4.06. The molecule has 1 heteroatoms. The third-order valence-electron chi connectivity index (χ3n) is 5.73. The molecule has 0 aliphatic heterocycles. The van der Waals surface area contributed by atoms with Gasteiger partial charge in [-0.1, -0.05) is 105 Å². The van der Waals surface area contributed by atoms with E-state index in [1.54, 1.807) is 0 Å². The van der Waals surface area contributed by atoms with Gasteiger partial charge in [0.2, 0.25) is 0 Å². The average molecular weight is 354 g/mol. The van der Waals surface area contributed by atoms with Gasteiger partial charge < -0.3 is 5.32 Å². The minimum atomic E-state index is 0.920. The van der Waals surface area contributed by atoms with Crippen molar-refractivity contribution < 1.29 is 0 Å². The Kier molecular flexibility index (Phi) is 20.2. The van der Waals surface area contributed by atoms with Crippen molar-refractivity contribution in [3.05, 3.63) is 0 Å². The second-order valence-electron chi connectivity index (χ2n) is 8.37. The van der Waals surface area contributed by atoms with E-state index >= 15 is 0 Å². The molecular weight excluding hydrogens is 302 g/mol. The Labute approximate surface area is 161 Å². The van der Waals surface area contributed by atoms with Crippen molar-refractivity contribution >= 4 is 0 Å². The molecular formula is C24H51N. The first kappa shape index (κ1) is 25.0. The molecule has 0 aromatic heterocycles. The fraction of sp³-hybridized carbons (Fsp3) is 1.00. The van der Waals surface area contributed by atoms with Gasteiger partial charge in [0.25, 0.3) is 0 Å². The van der Waals surface area contributed by atoms with Gasteiger partial charge in [-0.3, -0.25) is 0 Å². The summed E-state index contributed by atoms with van der Waals surface area (Å²) in [5.74, 6) is 1.84. The molecule has 0 radical (unpaired) electrons. The Morgan fingerprint density at radius 3 is 1.16 bits per heavy atom. The van der Waals surface area contributed by atoms with Crippen molar-refractivity contribution in [3.8, 4) is 0 Å². The van der Waals surface area contributed by atoms with Crippen LogP contribution >= 0.6 is 0 Å². The average Bonchev–Trinajstić information content (AvgIpc) is 2.63. The first-order valence-electron chi connectivity index (χ1n) is 12.0. The Bertz CT molecular complexity index is 214. The quantitative estimate of drug-likeness (QED) is 0.218. The molecule has 0 fully saturated rings. The van der Waals surface area contributed by atoms with Crippen LogP contribution in [0.25, 0.3) is 0 Å². The van der Waals surface area contributed by atoms with Gasteiger partial charge in [-0.05, 0) is 50.6 Å². The molecule has 0 aliphatic rings. The molecule has 1 N–H and O–H groups in total.